The first-order valence-electron chi connectivity index (χ1n) is 9.53. The maximum Gasteiger partial charge on any atom is 0.255 e. The third kappa shape index (κ3) is 5.70. The molecular formula is C24H23FN2O2S. The van der Waals surface area contributed by atoms with Gasteiger partial charge in [0.25, 0.3) is 5.91 Å². The van der Waals surface area contributed by atoms with E-state index in [0.29, 0.717) is 11.3 Å². The summed E-state index contributed by atoms with van der Waals surface area (Å²) in [7, 11) is 0. The Bertz CT molecular complexity index is 1070. The number of halogens is 1. The smallest absolute Gasteiger partial charge is 0.255 e. The normalized spacial score (nSPS) is 11.6. The fourth-order valence-corrected chi connectivity index (χ4v) is 3.74. The Balaban J connectivity index is 1.64. The lowest BCUT2D eigenvalue weighted by Crippen LogP contribution is -2.22. The highest BCUT2D eigenvalue weighted by Crippen LogP contribution is 2.27. The van der Waals surface area contributed by atoms with E-state index in [1.54, 1.807) is 6.07 Å². The summed E-state index contributed by atoms with van der Waals surface area (Å²) in [6.45, 7) is 5.79. The molecule has 3 aromatic carbocycles. The van der Waals surface area contributed by atoms with Crippen LogP contribution in [0.15, 0.2) is 71.6 Å². The summed E-state index contributed by atoms with van der Waals surface area (Å²) in [6.07, 6.45) is 0. The van der Waals surface area contributed by atoms with E-state index in [1.807, 2.05) is 57.2 Å². The van der Waals surface area contributed by atoms with Crippen LogP contribution >= 0.6 is 11.8 Å². The standard InChI is InChI=1S/C24H23FN2O2S/c1-15-7-8-16(2)22(13-15)27-23(28)17(3)30-21-6-4-5-20(14-21)26-24(29)18-9-11-19(25)12-10-18/h4-14,17H,1-3H3,(H,26,29)(H,27,28). The molecule has 0 heterocycles. The van der Waals surface area contributed by atoms with Crippen LogP contribution < -0.4 is 10.6 Å². The van der Waals surface area contributed by atoms with Gasteiger partial charge in [0.2, 0.25) is 5.91 Å². The lowest BCUT2D eigenvalue weighted by atomic mass is 10.1. The highest BCUT2D eigenvalue weighted by molar-refractivity contribution is 8.00. The highest BCUT2D eigenvalue weighted by atomic mass is 32.2. The molecule has 3 rings (SSSR count). The predicted octanol–water partition coefficient (Wildman–Crippen LogP) is 5.81. The number of hydrogen-bond donors (Lipinski definition) is 2. The number of carbonyl (C=O) groups excluding carboxylic acids is 2. The van der Waals surface area contributed by atoms with Crippen molar-refractivity contribution < 1.29 is 14.0 Å². The van der Waals surface area contributed by atoms with Crippen LogP contribution in [0.5, 0.6) is 0 Å². The second kappa shape index (κ2) is 9.59. The van der Waals surface area contributed by atoms with Gasteiger partial charge in [-0.1, -0.05) is 18.2 Å². The molecule has 0 fully saturated rings. The molecule has 3 aromatic rings. The number of rotatable bonds is 6. The molecule has 2 N–H and O–H groups in total. The molecule has 4 nitrogen and oxygen atoms in total. The molecule has 0 saturated heterocycles. The maximum absolute atomic E-state index is 13.0. The molecule has 1 atom stereocenters. The number of carbonyl (C=O) groups is 2. The minimum Gasteiger partial charge on any atom is -0.325 e. The van der Waals surface area contributed by atoms with Gasteiger partial charge < -0.3 is 10.6 Å². The molecule has 0 spiro atoms. The molecule has 154 valence electrons. The van der Waals surface area contributed by atoms with Crippen molar-refractivity contribution in [3.8, 4) is 0 Å². The van der Waals surface area contributed by atoms with Crippen molar-refractivity contribution in [2.75, 3.05) is 10.6 Å². The molecule has 1 unspecified atom stereocenters. The molecule has 0 saturated carbocycles. The van der Waals surface area contributed by atoms with E-state index >= 15 is 0 Å². The predicted molar refractivity (Wildman–Crippen MR) is 121 cm³/mol. The van der Waals surface area contributed by atoms with Crippen LogP contribution in [-0.4, -0.2) is 17.1 Å². The van der Waals surface area contributed by atoms with Crippen LogP contribution in [0.4, 0.5) is 15.8 Å². The van der Waals surface area contributed by atoms with Crippen molar-refractivity contribution in [3.63, 3.8) is 0 Å². The SMILES string of the molecule is Cc1ccc(C)c(NC(=O)C(C)Sc2cccc(NC(=O)c3ccc(F)cc3)c2)c1. The van der Waals surface area contributed by atoms with E-state index in [2.05, 4.69) is 10.6 Å². The van der Waals surface area contributed by atoms with Gasteiger partial charge in [-0.2, -0.15) is 0 Å². The molecule has 0 radical (unpaired) electrons. The van der Waals surface area contributed by atoms with E-state index in [-0.39, 0.29) is 17.1 Å². The Morgan fingerprint density at radius 2 is 1.67 bits per heavy atom. The summed E-state index contributed by atoms with van der Waals surface area (Å²) in [5.41, 5.74) is 3.89. The van der Waals surface area contributed by atoms with Crippen molar-refractivity contribution in [2.45, 2.75) is 30.9 Å². The molecule has 6 heteroatoms. The first kappa shape index (κ1) is 21.6. The molecule has 30 heavy (non-hydrogen) atoms. The highest BCUT2D eigenvalue weighted by Gasteiger charge is 2.16. The van der Waals surface area contributed by atoms with Crippen LogP contribution in [0.3, 0.4) is 0 Å². The van der Waals surface area contributed by atoms with E-state index in [9.17, 15) is 14.0 Å². The Morgan fingerprint density at radius 1 is 0.933 bits per heavy atom. The third-order valence-corrected chi connectivity index (χ3v) is 5.63. The summed E-state index contributed by atoms with van der Waals surface area (Å²) < 4.78 is 13.0. The minimum absolute atomic E-state index is 0.0885. The molecule has 0 aliphatic heterocycles. The third-order valence-electron chi connectivity index (χ3n) is 4.53. The molecular weight excluding hydrogens is 399 g/mol. The zero-order chi connectivity index (χ0) is 21.7. The lowest BCUT2D eigenvalue weighted by Gasteiger charge is -2.15. The van der Waals surface area contributed by atoms with Crippen molar-refractivity contribution in [2.24, 2.45) is 0 Å². The fraction of sp³-hybridized carbons (Fsp3) is 0.167. The minimum atomic E-state index is -0.391. The van der Waals surface area contributed by atoms with Gasteiger partial charge in [-0.3, -0.25) is 9.59 Å². The number of thioether (sulfide) groups is 1. The van der Waals surface area contributed by atoms with Crippen LogP contribution in [0.25, 0.3) is 0 Å². The lowest BCUT2D eigenvalue weighted by molar-refractivity contribution is -0.115. The zero-order valence-electron chi connectivity index (χ0n) is 17.0. The number of hydrogen-bond acceptors (Lipinski definition) is 3. The van der Waals surface area contributed by atoms with Crippen molar-refractivity contribution in [3.05, 3.63) is 89.2 Å². The quantitative estimate of drug-likeness (QED) is 0.493. The van der Waals surface area contributed by atoms with Crippen molar-refractivity contribution in [1.29, 1.82) is 0 Å². The van der Waals surface area contributed by atoms with Gasteiger partial charge in [0.05, 0.1) is 5.25 Å². The second-order valence-electron chi connectivity index (χ2n) is 7.06. The molecule has 2 amide bonds. The van der Waals surface area contributed by atoms with E-state index in [1.165, 1.54) is 36.0 Å². The second-order valence-corrected chi connectivity index (χ2v) is 8.47. The van der Waals surface area contributed by atoms with Crippen LogP contribution in [0, 0.1) is 19.7 Å². The Morgan fingerprint density at radius 3 is 2.40 bits per heavy atom. The van der Waals surface area contributed by atoms with Gasteiger partial charge in [0.15, 0.2) is 0 Å². The van der Waals surface area contributed by atoms with Gasteiger partial charge in [-0.15, -0.1) is 11.8 Å². The van der Waals surface area contributed by atoms with E-state index in [0.717, 1.165) is 21.7 Å². The van der Waals surface area contributed by atoms with Gasteiger partial charge in [0.1, 0.15) is 5.82 Å². The van der Waals surface area contributed by atoms with Crippen LogP contribution in [-0.2, 0) is 4.79 Å². The number of aryl methyl sites for hydroxylation is 2. The fourth-order valence-electron chi connectivity index (χ4n) is 2.81. The van der Waals surface area contributed by atoms with Crippen molar-refractivity contribution in [1.82, 2.24) is 0 Å². The Hall–Kier alpha value is -3.12. The molecule has 0 aliphatic carbocycles. The summed E-state index contributed by atoms with van der Waals surface area (Å²) >= 11 is 1.41. The van der Waals surface area contributed by atoms with Gasteiger partial charge >= 0.3 is 0 Å². The van der Waals surface area contributed by atoms with E-state index < -0.39 is 5.82 Å². The van der Waals surface area contributed by atoms with Gasteiger partial charge in [-0.05, 0) is 80.4 Å². The molecule has 0 bridgehead atoms. The summed E-state index contributed by atoms with van der Waals surface area (Å²) in [5, 5.41) is 5.46. The Labute approximate surface area is 179 Å². The first-order valence-corrected chi connectivity index (χ1v) is 10.4. The van der Waals surface area contributed by atoms with Gasteiger partial charge in [-0.25, -0.2) is 4.39 Å². The van der Waals surface area contributed by atoms with Crippen molar-refractivity contribution >= 4 is 35.0 Å². The average Bonchev–Trinajstić information content (AvgIpc) is 2.71. The zero-order valence-corrected chi connectivity index (χ0v) is 17.8. The Kier molecular flexibility index (Phi) is 6.90. The van der Waals surface area contributed by atoms with E-state index in [4.69, 9.17) is 0 Å². The maximum atomic E-state index is 13.0. The molecule has 0 aromatic heterocycles. The summed E-state index contributed by atoms with van der Waals surface area (Å²) in [5.74, 6) is -0.801. The first-order chi connectivity index (χ1) is 14.3. The summed E-state index contributed by atoms with van der Waals surface area (Å²) in [4.78, 5) is 25.8. The van der Waals surface area contributed by atoms with Crippen LogP contribution in [0.2, 0.25) is 0 Å². The van der Waals surface area contributed by atoms with Gasteiger partial charge in [0, 0.05) is 21.8 Å². The monoisotopic (exact) mass is 422 g/mol. The topological polar surface area (TPSA) is 58.2 Å². The van der Waals surface area contributed by atoms with Crippen LogP contribution in [0.1, 0.15) is 28.4 Å². The number of anilines is 2. The average molecular weight is 423 g/mol. The number of amides is 2. The number of nitrogens with one attached hydrogen (secondary N) is 2. The largest absolute Gasteiger partial charge is 0.325 e. The summed E-state index contributed by atoms with van der Waals surface area (Å²) in [6, 6.07) is 18.6. The number of benzene rings is 3. The molecule has 0 aliphatic rings.